The van der Waals surface area contributed by atoms with Crippen LogP contribution in [0.1, 0.15) is 31.9 Å². The average molecular weight is 270 g/mol. The van der Waals surface area contributed by atoms with Gasteiger partial charge in [0.05, 0.1) is 11.4 Å². The van der Waals surface area contributed by atoms with Crippen molar-refractivity contribution >= 4 is 21.4 Å². The Balaban J connectivity index is 3.02. The van der Waals surface area contributed by atoms with Gasteiger partial charge in [-0.3, -0.25) is 4.72 Å². The van der Waals surface area contributed by atoms with E-state index in [2.05, 4.69) is 4.72 Å². The second kappa shape index (κ2) is 4.80. The van der Waals surface area contributed by atoms with E-state index in [4.69, 9.17) is 5.73 Å². The first-order chi connectivity index (χ1) is 8.00. The second-order valence-electron chi connectivity index (χ2n) is 5.95. The van der Waals surface area contributed by atoms with Crippen LogP contribution < -0.4 is 10.5 Å². The molecule has 0 spiro atoms. The first kappa shape index (κ1) is 14.8. The van der Waals surface area contributed by atoms with E-state index < -0.39 is 10.0 Å². The molecule has 1 rings (SSSR count). The molecule has 4 nitrogen and oxygen atoms in total. The van der Waals surface area contributed by atoms with Crippen LogP contribution in [0.25, 0.3) is 0 Å². The highest BCUT2D eigenvalue weighted by Gasteiger charge is 2.22. The number of nitrogen functional groups attached to an aromatic ring is 1. The van der Waals surface area contributed by atoms with Crippen LogP contribution in [0.5, 0.6) is 0 Å². The molecule has 0 saturated heterocycles. The lowest BCUT2D eigenvalue weighted by Crippen LogP contribution is -2.26. The predicted octanol–water partition coefficient (Wildman–Crippen LogP) is 2.67. The van der Waals surface area contributed by atoms with E-state index in [0.717, 1.165) is 11.1 Å². The fourth-order valence-electron chi connectivity index (χ4n) is 1.75. The molecule has 0 amide bonds. The minimum atomic E-state index is -3.35. The molecule has 1 aromatic carbocycles. The van der Waals surface area contributed by atoms with E-state index in [1.165, 1.54) is 0 Å². The standard InChI is InChI=1S/C13H22N2O2S/c1-9-6-10(2)12(7-11(9)14)15-18(16,17)8-13(3,4)5/h6-7,15H,8,14H2,1-5H3. The molecule has 0 heterocycles. The summed E-state index contributed by atoms with van der Waals surface area (Å²) in [6.07, 6.45) is 0. The molecule has 0 saturated carbocycles. The molecular formula is C13H22N2O2S. The van der Waals surface area contributed by atoms with Crippen molar-refractivity contribution in [1.82, 2.24) is 0 Å². The molecule has 102 valence electrons. The van der Waals surface area contributed by atoms with Gasteiger partial charge in [-0.15, -0.1) is 0 Å². The molecule has 0 aliphatic rings. The topological polar surface area (TPSA) is 72.2 Å². The molecule has 0 unspecified atom stereocenters. The van der Waals surface area contributed by atoms with E-state index >= 15 is 0 Å². The van der Waals surface area contributed by atoms with Crippen molar-refractivity contribution < 1.29 is 8.42 Å². The van der Waals surface area contributed by atoms with Crippen molar-refractivity contribution in [1.29, 1.82) is 0 Å². The van der Waals surface area contributed by atoms with E-state index in [9.17, 15) is 8.42 Å². The van der Waals surface area contributed by atoms with E-state index in [0.29, 0.717) is 11.4 Å². The summed E-state index contributed by atoms with van der Waals surface area (Å²) in [5, 5.41) is 0. The van der Waals surface area contributed by atoms with E-state index in [1.54, 1.807) is 6.07 Å². The zero-order chi connectivity index (χ0) is 14.1. The Morgan fingerprint density at radius 1 is 1.17 bits per heavy atom. The third-order valence-corrected chi connectivity index (χ3v) is 4.28. The Morgan fingerprint density at radius 3 is 2.22 bits per heavy atom. The SMILES string of the molecule is Cc1cc(C)c(NS(=O)(=O)CC(C)(C)C)cc1N. The van der Waals surface area contributed by atoms with E-state index in [1.807, 2.05) is 40.7 Å². The van der Waals surface area contributed by atoms with Gasteiger partial charge in [-0.1, -0.05) is 26.8 Å². The Bertz CT molecular complexity index is 543. The van der Waals surface area contributed by atoms with Gasteiger partial charge in [0.1, 0.15) is 0 Å². The Hall–Kier alpha value is -1.23. The van der Waals surface area contributed by atoms with Crippen LogP contribution in [0, 0.1) is 19.3 Å². The number of benzene rings is 1. The molecule has 0 radical (unpaired) electrons. The molecular weight excluding hydrogens is 248 g/mol. The molecule has 18 heavy (non-hydrogen) atoms. The van der Waals surface area contributed by atoms with Gasteiger partial charge in [0.15, 0.2) is 0 Å². The Morgan fingerprint density at radius 2 is 1.72 bits per heavy atom. The van der Waals surface area contributed by atoms with Gasteiger partial charge in [0, 0.05) is 5.69 Å². The van der Waals surface area contributed by atoms with Crippen LogP contribution in [-0.2, 0) is 10.0 Å². The zero-order valence-corrected chi connectivity index (χ0v) is 12.5. The van der Waals surface area contributed by atoms with Crippen molar-refractivity contribution in [3.8, 4) is 0 Å². The molecule has 0 aromatic heterocycles. The third kappa shape index (κ3) is 4.22. The molecule has 0 aliphatic carbocycles. The van der Waals surface area contributed by atoms with Gasteiger partial charge in [-0.05, 0) is 36.5 Å². The highest BCUT2D eigenvalue weighted by molar-refractivity contribution is 7.92. The summed E-state index contributed by atoms with van der Waals surface area (Å²) in [4.78, 5) is 0. The summed E-state index contributed by atoms with van der Waals surface area (Å²) >= 11 is 0. The fourth-order valence-corrected chi connectivity index (χ4v) is 3.52. The van der Waals surface area contributed by atoms with Crippen LogP contribution in [0.15, 0.2) is 12.1 Å². The summed E-state index contributed by atoms with van der Waals surface area (Å²) in [5.74, 6) is 0.0766. The van der Waals surface area contributed by atoms with Crippen molar-refractivity contribution in [2.45, 2.75) is 34.6 Å². The van der Waals surface area contributed by atoms with Gasteiger partial charge in [-0.25, -0.2) is 8.42 Å². The van der Waals surface area contributed by atoms with Crippen LogP contribution in [0.3, 0.4) is 0 Å². The lowest BCUT2D eigenvalue weighted by molar-refractivity contribution is 0.463. The largest absolute Gasteiger partial charge is 0.398 e. The fraction of sp³-hybridized carbons (Fsp3) is 0.538. The first-order valence-corrected chi connectivity index (χ1v) is 7.53. The maximum atomic E-state index is 12.0. The third-order valence-electron chi connectivity index (χ3n) is 2.50. The Labute approximate surface area is 110 Å². The lowest BCUT2D eigenvalue weighted by Gasteiger charge is -2.20. The van der Waals surface area contributed by atoms with Gasteiger partial charge in [-0.2, -0.15) is 0 Å². The van der Waals surface area contributed by atoms with Crippen molar-refractivity contribution in [2.24, 2.45) is 5.41 Å². The monoisotopic (exact) mass is 270 g/mol. The predicted molar refractivity (Wildman–Crippen MR) is 77.2 cm³/mol. The van der Waals surface area contributed by atoms with Crippen LogP contribution in [-0.4, -0.2) is 14.2 Å². The lowest BCUT2D eigenvalue weighted by atomic mass is 10.0. The number of rotatable bonds is 3. The van der Waals surface area contributed by atoms with Crippen molar-refractivity contribution in [3.05, 3.63) is 23.3 Å². The van der Waals surface area contributed by atoms with Crippen molar-refractivity contribution in [2.75, 3.05) is 16.2 Å². The normalized spacial score (nSPS) is 12.5. The number of sulfonamides is 1. The number of anilines is 2. The summed E-state index contributed by atoms with van der Waals surface area (Å²) < 4.78 is 26.6. The highest BCUT2D eigenvalue weighted by Crippen LogP contribution is 2.25. The molecule has 5 heteroatoms. The van der Waals surface area contributed by atoms with Crippen molar-refractivity contribution in [3.63, 3.8) is 0 Å². The van der Waals surface area contributed by atoms with Gasteiger partial charge in [0.2, 0.25) is 10.0 Å². The van der Waals surface area contributed by atoms with Gasteiger partial charge in [0.25, 0.3) is 0 Å². The maximum Gasteiger partial charge on any atom is 0.233 e. The average Bonchev–Trinajstić information content (AvgIpc) is 2.09. The number of hydrogen-bond acceptors (Lipinski definition) is 3. The summed E-state index contributed by atoms with van der Waals surface area (Å²) in [6.45, 7) is 9.44. The molecule has 1 aromatic rings. The summed E-state index contributed by atoms with van der Waals surface area (Å²) in [7, 11) is -3.35. The van der Waals surface area contributed by atoms with Gasteiger partial charge >= 0.3 is 0 Å². The molecule has 0 aliphatic heterocycles. The number of nitrogens with one attached hydrogen (secondary N) is 1. The van der Waals surface area contributed by atoms with Crippen LogP contribution in [0.4, 0.5) is 11.4 Å². The quantitative estimate of drug-likeness (QED) is 0.829. The molecule has 0 bridgehead atoms. The van der Waals surface area contributed by atoms with Gasteiger partial charge < -0.3 is 5.73 Å². The minimum Gasteiger partial charge on any atom is -0.398 e. The summed E-state index contributed by atoms with van der Waals surface area (Å²) in [6, 6.07) is 3.55. The zero-order valence-electron chi connectivity index (χ0n) is 11.7. The molecule has 0 fully saturated rings. The van der Waals surface area contributed by atoms with Crippen LogP contribution in [0.2, 0.25) is 0 Å². The second-order valence-corrected chi connectivity index (χ2v) is 7.67. The number of aryl methyl sites for hydroxylation is 2. The maximum absolute atomic E-state index is 12.0. The summed E-state index contributed by atoms with van der Waals surface area (Å²) in [5.41, 5.74) is 8.49. The Kier molecular flexibility index (Phi) is 3.96. The number of hydrogen-bond donors (Lipinski definition) is 2. The molecule has 3 N–H and O–H groups in total. The minimum absolute atomic E-state index is 0.0766. The first-order valence-electron chi connectivity index (χ1n) is 5.87. The van der Waals surface area contributed by atoms with Crippen LogP contribution >= 0.6 is 0 Å². The molecule has 0 atom stereocenters. The highest BCUT2D eigenvalue weighted by atomic mass is 32.2. The number of nitrogens with two attached hydrogens (primary N) is 1. The smallest absolute Gasteiger partial charge is 0.233 e. The van der Waals surface area contributed by atoms with E-state index in [-0.39, 0.29) is 11.2 Å².